The van der Waals surface area contributed by atoms with Crippen molar-refractivity contribution >= 4 is 41.5 Å². The zero-order chi connectivity index (χ0) is 15.8. The number of amides is 1. The standard InChI is InChI=1S/C17H26N4O.HI/c1-3-18-17(21-15-8-4-5-9-15)19-12-14-7-6-10-16(11-14)20-13(2)22;/h6-7,10-11,15H,3-5,8-9,12H2,1-2H3,(H,20,22)(H2,18,19,21);1H. The average molecular weight is 430 g/mol. The molecule has 0 heterocycles. The minimum absolute atomic E-state index is 0. The first-order valence-corrected chi connectivity index (χ1v) is 8.08. The van der Waals surface area contributed by atoms with Gasteiger partial charge in [0, 0.05) is 25.2 Å². The van der Waals surface area contributed by atoms with Gasteiger partial charge in [0.2, 0.25) is 5.91 Å². The minimum atomic E-state index is -0.0584. The minimum Gasteiger partial charge on any atom is -0.357 e. The Morgan fingerprint density at radius 2 is 2.04 bits per heavy atom. The van der Waals surface area contributed by atoms with Crippen LogP contribution in [0.1, 0.15) is 45.1 Å². The summed E-state index contributed by atoms with van der Waals surface area (Å²) in [5, 5.41) is 9.60. The molecule has 1 amide bonds. The molecule has 0 aliphatic heterocycles. The number of hydrogen-bond acceptors (Lipinski definition) is 2. The van der Waals surface area contributed by atoms with Crippen molar-refractivity contribution in [3.63, 3.8) is 0 Å². The first-order valence-electron chi connectivity index (χ1n) is 8.08. The van der Waals surface area contributed by atoms with Crippen LogP contribution < -0.4 is 16.0 Å². The van der Waals surface area contributed by atoms with Crippen LogP contribution in [0.15, 0.2) is 29.3 Å². The van der Waals surface area contributed by atoms with Crippen molar-refractivity contribution < 1.29 is 4.79 Å². The van der Waals surface area contributed by atoms with E-state index >= 15 is 0 Å². The van der Waals surface area contributed by atoms with E-state index in [2.05, 4.69) is 27.9 Å². The zero-order valence-corrected chi connectivity index (χ0v) is 16.2. The lowest BCUT2D eigenvalue weighted by atomic mass is 10.2. The van der Waals surface area contributed by atoms with Crippen molar-refractivity contribution in [1.29, 1.82) is 0 Å². The largest absolute Gasteiger partial charge is 0.357 e. The second-order valence-electron chi connectivity index (χ2n) is 5.70. The lowest BCUT2D eigenvalue weighted by Crippen LogP contribution is -2.42. The predicted molar refractivity (Wildman–Crippen MR) is 106 cm³/mol. The molecule has 128 valence electrons. The highest BCUT2D eigenvalue weighted by molar-refractivity contribution is 14.0. The number of carbonyl (C=O) groups is 1. The van der Waals surface area contributed by atoms with Gasteiger partial charge in [-0.3, -0.25) is 4.79 Å². The molecule has 1 aromatic carbocycles. The van der Waals surface area contributed by atoms with Gasteiger partial charge in [0.05, 0.1) is 6.54 Å². The molecule has 0 aromatic heterocycles. The normalized spacial score (nSPS) is 15.0. The number of hydrogen-bond donors (Lipinski definition) is 3. The Morgan fingerprint density at radius 1 is 1.30 bits per heavy atom. The highest BCUT2D eigenvalue weighted by atomic mass is 127. The quantitative estimate of drug-likeness (QED) is 0.382. The highest BCUT2D eigenvalue weighted by Gasteiger charge is 2.15. The third-order valence-corrected chi connectivity index (χ3v) is 3.71. The number of benzene rings is 1. The van der Waals surface area contributed by atoms with E-state index in [0.29, 0.717) is 12.6 Å². The second kappa shape index (κ2) is 10.5. The average Bonchev–Trinajstić information content (AvgIpc) is 2.98. The predicted octanol–water partition coefficient (Wildman–Crippen LogP) is 3.26. The van der Waals surface area contributed by atoms with Crippen LogP contribution in [0.25, 0.3) is 0 Å². The summed E-state index contributed by atoms with van der Waals surface area (Å²) in [6.45, 7) is 5.03. The van der Waals surface area contributed by atoms with Gasteiger partial charge in [-0.1, -0.05) is 25.0 Å². The number of nitrogens with one attached hydrogen (secondary N) is 3. The van der Waals surface area contributed by atoms with Crippen LogP contribution >= 0.6 is 24.0 Å². The fourth-order valence-electron chi connectivity index (χ4n) is 2.70. The van der Waals surface area contributed by atoms with Gasteiger partial charge in [-0.2, -0.15) is 0 Å². The van der Waals surface area contributed by atoms with Crippen LogP contribution in [0.3, 0.4) is 0 Å². The van der Waals surface area contributed by atoms with E-state index in [0.717, 1.165) is 23.8 Å². The molecule has 0 atom stereocenters. The molecular weight excluding hydrogens is 403 g/mol. The monoisotopic (exact) mass is 430 g/mol. The van der Waals surface area contributed by atoms with Crippen molar-refractivity contribution in [1.82, 2.24) is 10.6 Å². The third-order valence-electron chi connectivity index (χ3n) is 3.71. The van der Waals surface area contributed by atoms with Gasteiger partial charge in [-0.25, -0.2) is 4.99 Å². The molecule has 6 heteroatoms. The molecule has 1 fully saturated rings. The molecule has 3 N–H and O–H groups in total. The number of rotatable bonds is 5. The molecule has 2 rings (SSSR count). The maximum atomic E-state index is 11.1. The Hall–Kier alpha value is -1.31. The molecule has 0 spiro atoms. The summed E-state index contributed by atoms with van der Waals surface area (Å²) in [6.07, 6.45) is 5.05. The van der Waals surface area contributed by atoms with E-state index < -0.39 is 0 Å². The van der Waals surface area contributed by atoms with Gasteiger partial charge in [-0.05, 0) is 37.5 Å². The smallest absolute Gasteiger partial charge is 0.221 e. The van der Waals surface area contributed by atoms with Gasteiger partial charge in [0.25, 0.3) is 0 Å². The maximum absolute atomic E-state index is 11.1. The number of halogens is 1. The van der Waals surface area contributed by atoms with Gasteiger partial charge >= 0.3 is 0 Å². The first-order chi connectivity index (χ1) is 10.7. The van der Waals surface area contributed by atoms with Crippen LogP contribution in [0.2, 0.25) is 0 Å². The van der Waals surface area contributed by atoms with Crippen molar-refractivity contribution in [3.05, 3.63) is 29.8 Å². The van der Waals surface area contributed by atoms with E-state index in [1.807, 2.05) is 24.3 Å². The van der Waals surface area contributed by atoms with Gasteiger partial charge in [-0.15, -0.1) is 24.0 Å². The Bertz CT molecular complexity index is 527. The SMILES string of the molecule is CCNC(=NCc1cccc(NC(C)=O)c1)NC1CCCC1.I. The van der Waals surface area contributed by atoms with E-state index in [4.69, 9.17) is 0 Å². The second-order valence-corrected chi connectivity index (χ2v) is 5.70. The number of anilines is 1. The number of aliphatic imine (C=N–C) groups is 1. The molecule has 23 heavy (non-hydrogen) atoms. The summed E-state index contributed by atoms with van der Waals surface area (Å²) in [4.78, 5) is 15.8. The maximum Gasteiger partial charge on any atom is 0.221 e. The molecule has 1 aliphatic carbocycles. The topological polar surface area (TPSA) is 65.5 Å². The molecule has 1 aromatic rings. The fourth-order valence-corrected chi connectivity index (χ4v) is 2.70. The van der Waals surface area contributed by atoms with Crippen molar-refractivity contribution in [2.75, 3.05) is 11.9 Å². The molecule has 0 bridgehead atoms. The van der Waals surface area contributed by atoms with Gasteiger partial charge < -0.3 is 16.0 Å². The Balaban J connectivity index is 0.00000264. The van der Waals surface area contributed by atoms with E-state index in [1.165, 1.54) is 32.6 Å². The van der Waals surface area contributed by atoms with Crippen molar-refractivity contribution in [3.8, 4) is 0 Å². The van der Waals surface area contributed by atoms with Gasteiger partial charge in [0.15, 0.2) is 5.96 Å². The van der Waals surface area contributed by atoms with Crippen LogP contribution in [0.5, 0.6) is 0 Å². The molecule has 0 saturated heterocycles. The Kier molecular flexibility index (Phi) is 8.98. The zero-order valence-electron chi connectivity index (χ0n) is 13.9. The summed E-state index contributed by atoms with van der Waals surface area (Å²) in [6, 6.07) is 8.35. The van der Waals surface area contributed by atoms with Crippen molar-refractivity contribution in [2.45, 2.75) is 52.1 Å². The third kappa shape index (κ3) is 7.20. The number of carbonyl (C=O) groups excluding carboxylic acids is 1. The van der Waals surface area contributed by atoms with Crippen LogP contribution in [0.4, 0.5) is 5.69 Å². The first kappa shape index (κ1) is 19.7. The van der Waals surface area contributed by atoms with E-state index in [9.17, 15) is 4.79 Å². The number of nitrogens with zero attached hydrogens (tertiary/aromatic N) is 1. The number of guanidine groups is 1. The molecular formula is C17H27IN4O. The Labute approximate surface area is 155 Å². The molecule has 0 unspecified atom stereocenters. The lowest BCUT2D eigenvalue weighted by Gasteiger charge is -2.16. The van der Waals surface area contributed by atoms with E-state index in [-0.39, 0.29) is 29.9 Å². The molecule has 5 nitrogen and oxygen atoms in total. The summed E-state index contributed by atoms with van der Waals surface area (Å²) in [7, 11) is 0. The summed E-state index contributed by atoms with van der Waals surface area (Å²) >= 11 is 0. The van der Waals surface area contributed by atoms with Gasteiger partial charge in [0.1, 0.15) is 0 Å². The van der Waals surface area contributed by atoms with Crippen LogP contribution in [-0.4, -0.2) is 24.5 Å². The molecule has 1 saturated carbocycles. The summed E-state index contributed by atoms with van der Waals surface area (Å²) < 4.78 is 0. The van der Waals surface area contributed by atoms with Crippen molar-refractivity contribution in [2.24, 2.45) is 4.99 Å². The summed E-state index contributed by atoms with van der Waals surface area (Å²) in [5.74, 6) is 0.816. The molecule has 1 aliphatic rings. The lowest BCUT2D eigenvalue weighted by molar-refractivity contribution is -0.114. The fraction of sp³-hybridized carbons (Fsp3) is 0.529. The van der Waals surface area contributed by atoms with E-state index in [1.54, 1.807) is 0 Å². The van der Waals surface area contributed by atoms with Crippen LogP contribution in [-0.2, 0) is 11.3 Å². The Morgan fingerprint density at radius 3 is 2.70 bits per heavy atom. The summed E-state index contributed by atoms with van der Waals surface area (Å²) in [5.41, 5.74) is 1.89. The van der Waals surface area contributed by atoms with Crippen LogP contribution in [0, 0.1) is 0 Å². The molecule has 0 radical (unpaired) electrons. The highest BCUT2D eigenvalue weighted by Crippen LogP contribution is 2.17.